The van der Waals surface area contributed by atoms with Gasteiger partial charge in [-0.3, -0.25) is 24.5 Å². The number of carbonyl (C=O) groups excluding carboxylic acids is 2. The highest BCUT2D eigenvalue weighted by Crippen LogP contribution is 2.28. The minimum atomic E-state index is -0.695. The highest BCUT2D eigenvalue weighted by Gasteiger charge is 2.19. The molecule has 1 heterocycles. The summed E-state index contributed by atoms with van der Waals surface area (Å²) < 4.78 is 11.4. The lowest BCUT2D eigenvalue weighted by atomic mass is 10.1. The predicted octanol–water partition coefficient (Wildman–Crippen LogP) is 2.68. The molecule has 4 aromatic rings. The molecule has 0 bridgehead atoms. The van der Waals surface area contributed by atoms with Gasteiger partial charge in [0, 0.05) is 17.5 Å². The van der Waals surface area contributed by atoms with Crippen molar-refractivity contribution in [3.63, 3.8) is 0 Å². The number of ether oxygens (including phenoxy) is 2. The topological polar surface area (TPSA) is 155 Å². The zero-order valence-corrected chi connectivity index (χ0v) is 19.8. The van der Waals surface area contributed by atoms with Crippen molar-refractivity contribution in [3.8, 4) is 17.2 Å². The number of hydrogen-bond donors (Lipinski definition) is 2. The lowest BCUT2D eigenvalue weighted by Gasteiger charge is -2.12. The molecule has 2 N–H and O–H groups in total. The zero-order chi connectivity index (χ0) is 26.5. The van der Waals surface area contributed by atoms with Crippen molar-refractivity contribution in [2.45, 2.75) is 0 Å². The van der Waals surface area contributed by atoms with E-state index in [-0.39, 0.29) is 28.2 Å². The van der Waals surface area contributed by atoms with Gasteiger partial charge >= 0.3 is 0 Å². The fraction of sp³-hybridized carbons (Fsp3) is 0.120. The average Bonchev–Trinajstić information content (AvgIpc) is 2.92. The number of nitrogens with one attached hydrogen (secondary N) is 2. The first kappa shape index (κ1) is 24.9. The summed E-state index contributed by atoms with van der Waals surface area (Å²) in [5, 5.41) is 20.9. The Bertz CT molecular complexity index is 1560. The van der Waals surface area contributed by atoms with Crippen LogP contribution in [0.5, 0.6) is 11.5 Å². The van der Waals surface area contributed by atoms with Crippen molar-refractivity contribution >= 4 is 34.0 Å². The quantitative estimate of drug-likeness (QED) is 0.275. The van der Waals surface area contributed by atoms with Gasteiger partial charge in [0.05, 0.1) is 42.4 Å². The van der Waals surface area contributed by atoms with E-state index in [4.69, 9.17) is 9.47 Å². The number of hydrogen-bond acceptors (Lipinski definition) is 8. The Kier molecular flexibility index (Phi) is 7.09. The van der Waals surface area contributed by atoms with Gasteiger partial charge in [0.25, 0.3) is 17.2 Å². The fourth-order valence-electron chi connectivity index (χ4n) is 3.60. The number of non-ortho nitro benzene ring substituents is 1. The molecule has 0 saturated heterocycles. The highest BCUT2D eigenvalue weighted by atomic mass is 16.6. The first-order valence-electron chi connectivity index (χ1n) is 10.9. The number of amides is 2. The predicted molar refractivity (Wildman–Crippen MR) is 135 cm³/mol. The number of rotatable bonds is 8. The number of methoxy groups -OCH3 is 2. The van der Waals surface area contributed by atoms with E-state index in [0.29, 0.717) is 16.8 Å². The number of benzene rings is 3. The van der Waals surface area contributed by atoms with Gasteiger partial charge in [-0.2, -0.15) is 9.78 Å². The fourth-order valence-corrected chi connectivity index (χ4v) is 3.60. The van der Waals surface area contributed by atoms with E-state index in [9.17, 15) is 24.5 Å². The highest BCUT2D eigenvalue weighted by molar-refractivity contribution is 6.06. The van der Waals surface area contributed by atoms with Crippen molar-refractivity contribution in [1.82, 2.24) is 15.1 Å². The van der Waals surface area contributed by atoms with Crippen molar-refractivity contribution < 1.29 is 24.0 Å². The molecule has 3 aromatic carbocycles. The van der Waals surface area contributed by atoms with Crippen LogP contribution in [0.15, 0.2) is 71.5 Å². The van der Waals surface area contributed by atoms with Gasteiger partial charge in [-0.25, -0.2) is 0 Å². The molecule has 12 heteroatoms. The van der Waals surface area contributed by atoms with Crippen molar-refractivity contribution in [2.24, 2.45) is 0 Å². The minimum Gasteiger partial charge on any atom is -0.497 e. The molecule has 0 radical (unpaired) electrons. The molecule has 0 aliphatic heterocycles. The number of aromatic nitrogens is 2. The Morgan fingerprint density at radius 2 is 1.70 bits per heavy atom. The van der Waals surface area contributed by atoms with Crippen LogP contribution in [0.1, 0.15) is 10.5 Å². The molecule has 0 spiro atoms. The summed E-state index contributed by atoms with van der Waals surface area (Å²) in [7, 11) is 2.87. The first-order chi connectivity index (χ1) is 17.8. The van der Waals surface area contributed by atoms with E-state index in [2.05, 4.69) is 15.7 Å². The number of fused-ring (bicyclic) bond motifs is 1. The summed E-state index contributed by atoms with van der Waals surface area (Å²) in [5.74, 6) is -0.550. The van der Waals surface area contributed by atoms with E-state index in [0.717, 1.165) is 10.7 Å². The second-order valence-corrected chi connectivity index (χ2v) is 7.68. The summed E-state index contributed by atoms with van der Waals surface area (Å²) in [6.45, 7) is -0.470. The third kappa shape index (κ3) is 5.22. The second kappa shape index (κ2) is 10.6. The lowest BCUT2D eigenvalue weighted by molar-refractivity contribution is -0.384. The molecular formula is C25H21N5O7. The SMILES string of the molecule is COc1ccc(-n2nc(C(=O)NCC(=O)Nc3cc([N+](=O)[O-])ccc3OC)c3ccccc3c2=O)cc1. The Morgan fingerprint density at radius 3 is 2.35 bits per heavy atom. The largest absolute Gasteiger partial charge is 0.497 e. The van der Waals surface area contributed by atoms with Crippen LogP contribution in [0, 0.1) is 10.1 Å². The van der Waals surface area contributed by atoms with Crippen LogP contribution >= 0.6 is 0 Å². The molecule has 0 unspecified atom stereocenters. The standard InChI is InChI=1S/C25H21N5O7/c1-36-17-10-7-15(8-11-17)29-25(33)19-6-4-3-5-18(19)23(28-29)24(32)26-14-22(31)27-20-13-16(30(34)35)9-12-21(20)37-2/h3-13H,14H2,1-2H3,(H,26,32)(H,27,31). The molecule has 37 heavy (non-hydrogen) atoms. The molecule has 4 rings (SSSR count). The average molecular weight is 503 g/mol. The number of nitro benzene ring substituents is 1. The van der Waals surface area contributed by atoms with Crippen LogP contribution < -0.4 is 25.7 Å². The van der Waals surface area contributed by atoms with Gasteiger partial charge < -0.3 is 20.1 Å². The molecule has 12 nitrogen and oxygen atoms in total. The molecular weight excluding hydrogens is 482 g/mol. The molecule has 2 amide bonds. The Morgan fingerprint density at radius 1 is 1.00 bits per heavy atom. The van der Waals surface area contributed by atoms with E-state index >= 15 is 0 Å². The van der Waals surface area contributed by atoms with Gasteiger partial charge in [-0.15, -0.1) is 0 Å². The van der Waals surface area contributed by atoms with Gasteiger partial charge in [0.1, 0.15) is 11.5 Å². The van der Waals surface area contributed by atoms with E-state index in [1.165, 1.54) is 26.4 Å². The Balaban J connectivity index is 1.60. The summed E-state index contributed by atoms with van der Waals surface area (Å²) in [5.41, 5.74) is -0.232. The Hall–Kier alpha value is -5.26. The minimum absolute atomic E-state index is 0.0632. The summed E-state index contributed by atoms with van der Waals surface area (Å²) in [4.78, 5) is 49.1. The van der Waals surface area contributed by atoms with Gasteiger partial charge in [0.2, 0.25) is 5.91 Å². The van der Waals surface area contributed by atoms with Crippen LogP contribution in [0.4, 0.5) is 11.4 Å². The molecule has 0 aliphatic carbocycles. The lowest BCUT2D eigenvalue weighted by Crippen LogP contribution is -2.35. The first-order valence-corrected chi connectivity index (χ1v) is 10.9. The maximum absolute atomic E-state index is 13.1. The van der Waals surface area contributed by atoms with Crippen molar-refractivity contribution in [3.05, 3.63) is 92.9 Å². The molecule has 0 aliphatic rings. The van der Waals surface area contributed by atoms with E-state index in [1.807, 2.05) is 0 Å². The third-order valence-corrected chi connectivity index (χ3v) is 5.41. The monoisotopic (exact) mass is 503 g/mol. The smallest absolute Gasteiger partial charge is 0.279 e. The molecule has 0 atom stereocenters. The van der Waals surface area contributed by atoms with Gasteiger partial charge in [0.15, 0.2) is 5.69 Å². The van der Waals surface area contributed by atoms with Crippen LogP contribution in [-0.2, 0) is 4.79 Å². The number of nitrogens with zero attached hydrogens (tertiary/aromatic N) is 3. The zero-order valence-electron chi connectivity index (χ0n) is 19.8. The molecule has 0 saturated carbocycles. The van der Waals surface area contributed by atoms with E-state index < -0.39 is 28.8 Å². The van der Waals surface area contributed by atoms with Crippen LogP contribution in [0.2, 0.25) is 0 Å². The third-order valence-electron chi connectivity index (χ3n) is 5.41. The molecule has 0 fully saturated rings. The normalized spacial score (nSPS) is 10.5. The summed E-state index contributed by atoms with van der Waals surface area (Å²) >= 11 is 0. The number of anilines is 1. The maximum Gasteiger partial charge on any atom is 0.279 e. The number of nitro groups is 1. The molecule has 1 aromatic heterocycles. The number of carbonyl (C=O) groups is 2. The van der Waals surface area contributed by atoms with Gasteiger partial charge in [-0.05, 0) is 36.4 Å². The van der Waals surface area contributed by atoms with Crippen molar-refractivity contribution in [1.29, 1.82) is 0 Å². The van der Waals surface area contributed by atoms with Crippen LogP contribution in [-0.4, -0.2) is 47.3 Å². The second-order valence-electron chi connectivity index (χ2n) is 7.68. The molecule has 188 valence electrons. The summed E-state index contributed by atoms with van der Waals surface area (Å²) in [6, 6.07) is 16.8. The maximum atomic E-state index is 13.1. The van der Waals surface area contributed by atoms with Gasteiger partial charge in [-0.1, -0.05) is 18.2 Å². The van der Waals surface area contributed by atoms with Crippen LogP contribution in [0.25, 0.3) is 16.5 Å². The van der Waals surface area contributed by atoms with E-state index in [1.54, 1.807) is 48.5 Å². The van der Waals surface area contributed by atoms with Crippen LogP contribution in [0.3, 0.4) is 0 Å². The summed E-state index contributed by atoms with van der Waals surface area (Å²) in [6.07, 6.45) is 0. The Labute approximate surface area is 209 Å². The van der Waals surface area contributed by atoms with Crippen molar-refractivity contribution in [2.75, 3.05) is 26.1 Å².